The van der Waals surface area contributed by atoms with Gasteiger partial charge in [0, 0.05) is 12.4 Å². The molecule has 0 bridgehead atoms. The second kappa shape index (κ2) is 9.01. The van der Waals surface area contributed by atoms with Gasteiger partial charge >= 0.3 is 0 Å². The third-order valence-electron chi connectivity index (χ3n) is 4.67. The number of fused-ring (bicyclic) bond motifs is 1. The van der Waals surface area contributed by atoms with E-state index in [1.165, 1.54) is 26.4 Å². The number of aromatic nitrogens is 3. The zero-order chi connectivity index (χ0) is 24.5. The minimum absolute atomic E-state index is 0.0538. The highest BCUT2D eigenvalue weighted by Crippen LogP contribution is 2.38. The lowest BCUT2D eigenvalue weighted by molar-refractivity contribution is 0.322. The zero-order valence-electron chi connectivity index (χ0n) is 18.3. The first-order valence-electron chi connectivity index (χ1n) is 9.80. The SMILES string of the molecule is [B]C([B])([B])Oc1cc(Cn2cccn2)cc2onc(NS(=O)(=O)c3c(OC)cccc3OC)c12. The maximum atomic E-state index is 13.3. The van der Waals surface area contributed by atoms with E-state index in [1.54, 1.807) is 41.3 Å². The summed E-state index contributed by atoms with van der Waals surface area (Å²) in [7, 11) is 15.4. The minimum Gasteiger partial charge on any atom is -0.515 e. The van der Waals surface area contributed by atoms with Gasteiger partial charge in [-0.05, 0) is 41.2 Å². The highest BCUT2D eigenvalue weighted by molar-refractivity contribution is 7.93. The van der Waals surface area contributed by atoms with Gasteiger partial charge in [0.05, 0.1) is 20.8 Å². The van der Waals surface area contributed by atoms with Crippen molar-refractivity contribution in [2.45, 2.75) is 16.7 Å². The molecule has 0 saturated heterocycles. The second-order valence-electron chi connectivity index (χ2n) is 7.25. The van der Waals surface area contributed by atoms with Crippen LogP contribution in [0.15, 0.2) is 58.2 Å². The van der Waals surface area contributed by atoms with Crippen molar-refractivity contribution in [3.05, 3.63) is 54.4 Å². The topological polar surface area (TPSA) is 118 Å². The lowest BCUT2D eigenvalue weighted by atomic mass is 9.52. The summed E-state index contributed by atoms with van der Waals surface area (Å²) in [5.74, 6) is 0.0241. The van der Waals surface area contributed by atoms with Gasteiger partial charge in [-0.15, -0.1) is 0 Å². The lowest BCUT2D eigenvalue weighted by Crippen LogP contribution is -2.37. The van der Waals surface area contributed by atoms with Gasteiger partial charge in [0.15, 0.2) is 16.3 Å². The number of hydrogen-bond donors (Lipinski definition) is 1. The number of anilines is 1. The molecule has 0 aliphatic heterocycles. The molecule has 2 aromatic heterocycles. The molecule has 0 aliphatic carbocycles. The summed E-state index contributed by atoms with van der Waals surface area (Å²) in [5, 5.41) is 6.13. The van der Waals surface area contributed by atoms with E-state index in [2.05, 4.69) is 15.0 Å². The smallest absolute Gasteiger partial charge is 0.270 e. The highest BCUT2D eigenvalue weighted by Gasteiger charge is 2.28. The molecular weight excluding hydrogens is 457 g/mol. The van der Waals surface area contributed by atoms with Gasteiger partial charge in [-0.2, -0.15) is 5.10 Å². The molecule has 0 atom stereocenters. The predicted molar refractivity (Wildman–Crippen MR) is 126 cm³/mol. The monoisotopic (exact) mass is 474 g/mol. The number of benzene rings is 2. The van der Waals surface area contributed by atoms with E-state index in [9.17, 15) is 8.42 Å². The van der Waals surface area contributed by atoms with Gasteiger partial charge in [-0.3, -0.25) is 9.40 Å². The van der Waals surface area contributed by atoms with Gasteiger partial charge in [0.1, 0.15) is 46.2 Å². The van der Waals surface area contributed by atoms with Crippen molar-refractivity contribution in [3.8, 4) is 17.2 Å². The van der Waals surface area contributed by atoms with Gasteiger partial charge < -0.3 is 18.7 Å². The summed E-state index contributed by atoms with van der Waals surface area (Å²) in [5.41, 5.74) is 0.890. The Bertz CT molecular complexity index is 1400. The minimum atomic E-state index is -4.26. The van der Waals surface area contributed by atoms with Crippen LogP contribution in [-0.4, -0.2) is 66.4 Å². The van der Waals surface area contributed by atoms with E-state index >= 15 is 0 Å². The zero-order valence-corrected chi connectivity index (χ0v) is 19.1. The normalized spacial score (nSPS) is 11.9. The molecular formula is C20H17B3N4O6S. The number of methoxy groups -OCH3 is 2. The molecule has 0 unspecified atom stereocenters. The average molecular weight is 474 g/mol. The molecule has 0 aliphatic rings. The molecule has 0 saturated carbocycles. The molecule has 4 rings (SSSR count). The molecule has 2 aromatic carbocycles. The van der Waals surface area contributed by atoms with Crippen LogP contribution in [0.5, 0.6) is 17.2 Å². The maximum absolute atomic E-state index is 13.3. The Kier molecular flexibility index (Phi) is 6.26. The van der Waals surface area contributed by atoms with Crippen molar-refractivity contribution in [2.24, 2.45) is 0 Å². The van der Waals surface area contributed by atoms with E-state index in [4.69, 9.17) is 42.3 Å². The number of hydrogen-bond acceptors (Lipinski definition) is 8. The van der Waals surface area contributed by atoms with Crippen LogP contribution in [0, 0.1) is 0 Å². The van der Waals surface area contributed by atoms with Crippen LogP contribution >= 0.6 is 0 Å². The third kappa shape index (κ3) is 4.86. The van der Waals surface area contributed by atoms with Gasteiger partial charge in [-0.1, -0.05) is 11.2 Å². The summed E-state index contributed by atoms with van der Waals surface area (Å²) in [6.07, 6.45) is 3.40. The standard InChI is InChI=1S/C20H17B3N4O6S/c1-30-13-5-3-6-14(31-2)18(13)34(28,29)26-19-17-15(32-20(21,22)23)9-12(10-16(17)33-25-19)11-27-8-4-7-24-27/h3-10H,11H2,1-2H3,(H,25,26). The van der Waals surface area contributed by atoms with Crippen molar-refractivity contribution in [1.82, 2.24) is 14.9 Å². The average Bonchev–Trinajstić information content (AvgIpc) is 3.42. The Morgan fingerprint density at radius 1 is 1.09 bits per heavy atom. The first-order valence-corrected chi connectivity index (χ1v) is 11.3. The molecule has 0 fully saturated rings. The van der Waals surface area contributed by atoms with Crippen molar-refractivity contribution in [3.63, 3.8) is 0 Å². The van der Waals surface area contributed by atoms with E-state index in [0.717, 1.165) is 0 Å². The van der Waals surface area contributed by atoms with E-state index in [0.29, 0.717) is 12.1 Å². The molecule has 4 aromatic rings. The summed E-state index contributed by atoms with van der Waals surface area (Å²) in [6.45, 7) is 0.353. The van der Waals surface area contributed by atoms with E-state index < -0.39 is 15.3 Å². The van der Waals surface area contributed by atoms with Crippen LogP contribution in [0.4, 0.5) is 5.82 Å². The fourth-order valence-electron chi connectivity index (χ4n) is 3.36. The molecule has 34 heavy (non-hydrogen) atoms. The predicted octanol–water partition coefficient (Wildman–Crippen LogP) is 1.39. The summed E-state index contributed by atoms with van der Waals surface area (Å²) >= 11 is 0. The summed E-state index contributed by atoms with van der Waals surface area (Å²) in [4.78, 5) is -0.222. The van der Waals surface area contributed by atoms with Crippen LogP contribution in [0.2, 0.25) is 0 Å². The number of rotatable bonds is 9. The Balaban J connectivity index is 1.81. The number of ether oxygens (including phenoxy) is 3. The van der Waals surface area contributed by atoms with Crippen LogP contribution in [0.3, 0.4) is 0 Å². The quantitative estimate of drug-likeness (QED) is 0.362. The van der Waals surface area contributed by atoms with Gasteiger partial charge in [0.25, 0.3) is 10.0 Å². The molecule has 14 heteroatoms. The van der Waals surface area contributed by atoms with E-state index in [-0.39, 0.29) is 38.9 Å². The van der Waals surface area contributed by atoms with Crippen LogP contribution < -0.4 is 18.9 Å². The largest absolute Gasteiger partial charge is 0.515 e. The Morgan fingerprint density at radius 2 is 1.79 bits per heavy atom. The van der Waals surface area contributed by atoms with Gasteiger partial charge in [-0.25, -0.2) is 8.42 Å². The van der Waals surface area contributed by atoms with Crippen molar-refractivity contribution in [2.75, 3.05) is 18.9 Å². The maximum Gasteiger partial charge on any atom is 0.270 e. The Hall–Kier alpha value is -3.54. The number of nitrogens with zero attached hydrogens (tertiary/aromatic N) is 3. The fourth-order valence-corrected chi connectivity index (χ4v) is 4.69. The molecule has 0 spiro atoms. The summed E-state index contributed by atoms with van der Waals surface area (Å²) in [6, 6.07) is 9.58. The van der Waals surface area contributed by atoms with Gasteiger partial charge in [0.2, 0.25) is 0 Å². The van der Waals surface area contributed by atoms with Crippen LogP contribution in [-0.2, 0) is 16.6 Å². The molecule has 6 radical (unpaired) electrons. The number of nitrogens with one attached hydrogen (secondary N) is 1. The highest BCUT2D eigenvalue weighted by atomic mass is 32.2. The second-order valence-corrected chi connectivity index (χ2v) is 8.87. The third-order valence-corrected chi connectivity index (χ3v) is 6.07. The molecule has 2 heterocycles. The van der Waals surface area contributed by atoms with Crippen LogP contribution in [0.25, 0.3) is 11.0 Å². The summed E-state index contributed by atoms with van der Waals surface area (Å²) < 4.78 is 52.0. The lowest BCUT2D eigenvalue weighted by Gasteiger charge is -2.24. The van der Waals surface area contributed by atoms with Crippen LogP contribution in [0.1, 0.15) is 5.56 Å². The Labute approximate surface area is 199 Å². The fraction of sp³-hybridized carbons (Fsp3) is 0.200. The first kappa shape index (κ1) is 23.6. The Morgan fingerprint density at radius 3 is 2.38 bits per heavy atom. The first-order chi connectivity index (χ1) is 16.1. The van der Waals surface area contributed by atoms with Crippen molar-refractivity contribution >= 4 is 50.3 Å². The van der Waals surface area contributed by atoms with E-state index in [1.807, 2.05) is 0 Å². The molecule has 0 amide bonds. The van der Waals surface area contributed by atoms with Crippen molar-refractivity contribution < 1.29 is 27.2 Å². The molecule has 10 nitrogen and oxygen atoms in total. The number of sulfonamides is 1. The molecule has 1 N–H and O–H groups in total. The molecule has 168 valence electrons. The van der Waals surface area contributed by atoms with Crippen molar-refractivity contribution in [1.29, 1.82) is 0 Å².